The number of hydrogen-bond donors (Lipinski definition) is 1. The van der Waals surface area contributed by atoms with Crippen molar-refractivity contribution in [3.05, 3.63) is 63.3 Å². The SMILES string of the molecule is O=C(C(Cc1ccccc1)Nc1ncc(Cl)cc1[N+](=O)[O-])N1CCOCC1. The molecule has 0 saturated carbocycles. The number of nitrogens with one attached hydrogen (secondary N) is 1. The Morgan fingerprint density at radius 2 is 2.04 bits per heavy atom. The molecule has 1 aromatic heterocycles. The molecule has 1 fully saturated rings. The minimum Gasteiger partial charge on any atom is -0.378 e. The van der Waals surface area contributed by atoms with Crippen LogP contribution in [0, 0.1) is 10.1 Å². The average molecular weight is 391 g/mol. The second-order valence-corrected chi connectivity index (χ2v) is 6.54. The molecule has 9 heteroatoms. The van der Waals surface area contributed by atoms with Crippen LogP contribution in [0.4, 0.5) is 11.5 Å². The van der Waals surface area contributed by atoms with Crippen molar-refractivity contribution in [3.63, 3.8) is 0 Å². The summed E-state index contributed by atoms with van der Waals surface area (Å²) in [6.45, 7) is 1.93. The summed E-state index contributed by atoms with van der Waals surface area (Å²) in [5, 5.41) is 14.5. The van der Waals surface area contributed by atoms with Gasteiger partial charge in [0.2, 0.25) is 11.7 Å². The number of anilines is 1. The lowest BCUT2D eigenvalue weighted by Gasteiger charge is -2.31. The number of morpholine rings is 1. The molecule has 27 heavy (non-hydrogen) atoms. The van der Waals surface area contributed by atoms with E-state index in [0.29, 0.717) is 32.7 Å². The molecule has 142 valence electrons. The number of pyridine rings is 1. The predicted molar refractivity (Wildman–Crippen MR) is 101 cm³/mol. The van der Waals surface area contributed by atoms with Crippen LogP contribution in [0.25, 0.3) is 0 Å². The van der Waals surface area contributed by atoms with E-state index in [1.165, 1.54) is 12.3 Å². The number of halogens is 1. The number of nitrogens with zero attached hydrogens (tertiary/aromatic N) is 3. The van der Waals surface area contributed by atoms with E-state index in [0.717, 1.165) is 5.56 Å². The fraction of sp³-hybridized carbons (Fsp3) is 0.333. The van der Waals surface area contributed by atoms with Gasteiger partial charge in [-0.3, -0.25) is 14.9 Å². The molecule has 1 aliphatic heterocycles. The summed E-state index contributed by atoms with van der Waals surface area (Å²) < 4.78 is 5.30. The van der Waals surface area contributed by atoms with Crippen LogP contribution in [-0.2, 0) is 16.0 Å². The quantitative estimate of drug-likeness (QED) is 0.601. The average Bonchev–Trinajstić information content (AvgIpc) is 2.69. The van der Waals surface area contributed by atoms with E-state index in [2.05, 4.69) is 10.3 Å². The molecule has 1 atom stereocenters. The van der Waals surface area contributed by atoms with Crippen molar-refractivity contribution >= 4 is 29.0 Å². The van der Waals surface area contributed by atoms with E-state index in [1.54, 1.807) is 4.90 Å². The van der Waals surface area contributed by atoms with Gasteiger partial charge in [-0.05, 0) is 5.56 Å². The first kappa shape index (κ1) is 19.1. The van der Waals surface area contributed by atoms with Crippen LogP contribution < -0.4 is 5.32 Å². The molecule has 2 aromatic rings. The largest absolute Gasteiger partial charge is 0.378 e. The second-order valence-electron chi connectivity index (χ2n) is 6.10. The highest BCUT2D eigenvalue weighted by Gasteiger charge is 2.28. The van der Waals surface area contributed by atoms with Crippen molar-refractivity contribution in [2.24, 2.45) is 0 Å². The Morgan fingerprint density at radius 3 is 2.70 bits per heavy atom. The van der Waals surface area contributed by atoms with Crippen molar-refractivity contribution in [2.45, 2.75) is 12.5 Å². The lowest BCUT2D eigenvalue weighted by atomic mass is 10.0. The highest BCUT2D eigenvalue weighted by atomic mass is 35.5. The van der Waals surface area contributed by atoms with E-state index in [1.807, 2.05) is 30.3 Å². The fourth-order valence-electron chi connectivity index (χ4n) is 2.90. The Bertz CT molecular complexity index is 812. The molecular formula is C18H19ClN4O4. The third kappa shape index (κ3) is 4.93. The van der Waals surface area contributed by atoms with Crippen LogP contribution in [0.3, 0.4) is 0 Å². The maximum atomic E-state index is 13.0. The summed E-state index contributed by atoms with van der Waals surface area (Å²) in [6.07, 6.45) is 1.69. The Hall–Kier alpha value is -2.71. The number of carbonyl (C=O) groups is 1. The maximum Gasteiger partial charge on any atom is 0.312 e. The van der Waals surface area contributed by atoms with E-state index in [-0.39, 0.29) is 22.4 Å². The van der Waals surface area contributed by atoms with Crippen LogP contribution in [0.1, 0.15) is 5.56 Å². The van der Waals surface area contributed by atoms with Gasteiger partial charge in [0.15, 0.2) is 0 Å². The van der Waals surface area contributed by atoms with Gasteiger partial charge < -0.3 is 15.0 Å². The molecule has 0 radical (unpaired) electrons. The van der Waals surface area contributed by atoms with E-state index in [4.69, 9.17) is 16.3 Å². The first-order chi connectivity index (χ1) is 13.0. The lowest BCUT2D eigenvalue weighted by molar-refractivity contribution is -0.384. The van der Waals surface area contributed by atoms with E-state index < -0.39 is 11.0 Å². The number of ether oxygens (including phenoxy) is 1. The summed E-state index contributed by atoms with van der Waals surface area (Å²) >= 11 is 5.83. The zero-order chi connectivity index (χ0) is 19.2. The third-order valence-corrected chi connectivity index (χ3v) is 4.45. The first-order valence-corrected chi connectivity index (χ1v) is 8.89. The van der Waals surface area contributed by atoms with Crippen molar-refractivity contribution in [2.75, 3.05) is 31.6 Å². The normalized spacial score (nSPS) is 15.2. The number of benzene rings is 1. The summed E-state index contributed by atoms with van der Waals surface area (Å²) in [6, 6.07) is 9.99. The molecule has 1 aromatic carbocycles. The summed E-state index contributed by atoms with van der Waals surface area (Å²) in [5.74, 6) is -0.125. The first-order valence-electron chi connectivity index (χ1n) is 8.51. The predicted octanol–water partition coefficient (Wildman–Crippen LogP) is 2.53. The Balaban J connectivity index is 1.87. The molecule has 8 nitrogen and oxygen atoms in total. The van der Waals surface area contributed by atoms with Gasteiger partial charge in [-0.15, -0.1) is 0 Å². The van der Waals surface area contributed by atoms with E-state index >= 15 is 0 Å². The van der Waals surface area contributed by atoms with Crippen LogP contribution in [0.5, 0.6) is 0 Å². The fourth-order valence-corrected chi connectivity index (χ4v) is 3.05. The van der Waals surface area contributed by atoms with Gasteiger partial charge in [-0.1, -0.05) is 41.9 Å². The summed E-state index contributed by atoms with van der Waals surface area (Å²) in [4.78, 5) is 29.5. The monoisotopic (exact) mass is 390 g/mol. The Labute approximate surface area is 161 Å². The molecule has 1 unspecified atom stereocenters. The van der Waals surface area contributed by atoms with Gasteiger partial charge in [-0.25, -0.2) is 4.98 Å². The van der Waals surface area contributed by atoms with E-state index in [9.17, 15) is 14.9 Å². The van der Waals surface area contributed by atoms with Gasteiger partial charge >= 0.3 is 5.69 Å². The minimum absolute atomic E-state index is 0.0203. The van der Waals surface area contributed by atoms with Crippen molar-refractivity contribution in [1.82, 2.24) is 9.88 Å². The highest BCUT2D eigenvalue weighted by Crippen LogP contribution is 2.26. The highest BCUT2D eigenvalue weighted by molar-refractivity contribution is 6.30. The molecule has 1 aliphatic rings. The van der Waals surface area contributed by atoms with Crippen molar-refractivity contribution in [1.29, 1.82) is 0 Å². The maximum absolute atomic E-state index is 13.0. The van der Waals surface area contributed by atoms with Crippen molar-refractivity contribution < 1.29 is 14.5 Å². The van der Waals surface area contributed by atoms with Crippen LogP contribution in [0.2, 0.25) is 5.02 Å². The molecular weight excluding hydrogens is 372 g/mol. The number of amides is 1. The van der Waals surface area contributed by atoms with Gasteiger partial charge in [0.1, 0.15) is 6.04 Å². The molecule has 2 heterocycles. The van der Waals surface area contributed by atoms with Crippen LogP contribution >= 0.6 is 11.6 Å². The van der Waals surface area contributed by atoms with Gasteiger partial charge in [-0.2, -0.15) is 0 Å². The smallest absolute Gasteiger partial charge is 0.312 e. The molecule has 0 aliphatic carbocycles. The lowest BCUT2D eigenvalue weighted by Crippen LogP contribution is -2.48. The van der Waals surface area contributed by atoms with Gasteiger partial charge in [0, 0.05) is 31.8 Å². The molecule has 3 rings (SSSR count). The summed E-state index contributed by atoms with van der Waals surface area (Å²) in [5.41, 5.74) is 0.670. The molecule has 0 spiro atoms. The van der Waals surface area contributed by atoms with Crippen LogP contribution in [0.15, 0.2) is 42.6 Å². The molecule has 1 amide bonds. The van der Waals surface area contributed by atoms with Crippen LogP contribution in [-0.4, -0.2) is 53.1 Å². The summed E-state index contributed by atoms with van der Waals surface area (Å²) in [7, 11) is 0. The number of aromatic nitrogens is 1. The Kier molecular flexibility index (Phi) is 6.20. The third-order valence-electron chi connectivity index (χ3n) is 4.25. The number of rotatable bonds is 6. The standard InChI is InChI=1S/C18H19ClN4O4/c19-14-11-16(23(25)26)17(20-12-14)21-15(10-13-4-2-1-3-5-13)18(24)22-6-8-27-9-7-22/h1-5,11-12,15H,6-10H2,(H,20,21). The molecule has 1 N–H and O–H groups in total. The van der Waals surface area contributed by atoms with Gasteiger partial charge in [0.05, 0.1) is 23.2 Å². The number of hydrogen-bond acceptors (Lipinski definition) is 6. The minimum atomic E-state index is -0.696. The number of nitro groups is 1. The zero-order valence-corrected chi connectivity index (χ0v) is 15.3. The molecule has 1 saturated heterocycles. The Morgan fingerprint density at radius 1 is 1.33 bits per heavy atom. The number of carbonyl (C=O) groups excluding carboxylic acids is 1. The zero-order valence-electron chi connectivity index (χ0n) is 14.5. The van der Waals surface area contributed by atoms with Crippen molar-refractivity contribution in [3.8, 4) is 0 Å². The second kappa shape index (κ2) is 8.79. The van der Waals surface area contributed by atoms with Gasteiger partial charge in [0.25, 0.3) is 0 Å². The molecule has 0 bridgehead atoms. The topological polar surface area (TPSA) is 97.6 Å².